The van der Waals surface area contributed by atoms with Gasteiger partial charge in [-0.05, 0) is 61.4 Å². The number of carbonyl (C=O) groups is 1. The minimum Gasteiger partial charge on any atom is -0.493 e. The van der Waals surface area contributed by atoms with Gasteiger partial charge in [0.2, 0.25) is 5.91 Å². The molecule has 1 N–H and O–H groups in total. The van der Waals surface area contributed by atoms with Crippen LogP contribution >= 0.6 is 0 Å². The Morgan fingerprint density at radius 1 is 1.12 bits per heavy atom. The van der Waals surface area contributed by atoms with Gasteiger partial charge in [-0.2, -0.15) is 5.10 Å². The number of rotatable bonds is 6. The third kappa shape index (κ3) is 4.67. The number of hydrogen-bond acceptors (Lipinski definition) is 4. The predicted molar refractivity (Wildman–Crippen MR) is 96.0 cm³/mol. The topological polar surface area (TPSA) is 69.0 Å². The molecule has 0 aliphatic heterocycles. The zero-order valence-corrected chi connectivity index (χ0v) is 14.3. The van der Waals surface area contributed by atoms with E-state index in [0.717, 1.165) is 28.3 Å². The molecular formula is C19H20N4O2. The highest BCUT2D eigenvalue weighted by Crippen LogP contribution is 2.16. The fourth-order valence-electron chi connectivity index (χ4n) is 2.54. The van der Waals surface area contributed by atoms with Crippen molar-refractivity contribution in [1.82, 2.24) is 14.8 Å². The van der Waals surface area contributed by atoms with Gasteiger partial charge in [-0.3, -0.25) is 4.79 Å². The number of aromatic nitrogens is 3. The molecule has 1 aromatic heterocycles. The molecular weight excluding hydrogens is 316 g/mol. The van der Waals surface area contributed by atoms with Gasteiger partial charge in [0.15, 0.2) is 0 Å². The van der Waals surface area contributed by atoms with Gasteiger partial charge < -0.3 is 10.1 Å². The van der Waals surface area contributed by atoms with Gasteiger partial charge in [-0.1, -0.05) is 6.07 Å². The van der Waals surface area contributed by atoms with E-state index in [1.54, 1.807) is 11.0 Å². The van der Waals surface area contributed by atoms with Crippen LogP contribution in [0.4, 0.5) is 5.69 Å². The molecule has 0 fully saturated rings. The summed E-state index contributed by atoms with van der Waals surface area (Å²) >= 11 is 0. The highest BCUT2D eigenvalue weighted by Gasteiger charge is 2.05. The lowest BCUT2D eigenvalue weighted by atomic mass is 10.1. The van der Waals surface area contributed by atoms with Gasteiger partial charge in [-0.25, -0.2) is 9.67 Å². The van der Waals surface area contributed by atoms with Gasteiger partial charge >= 0.3 is 0 Å². The molecule has 0 spiro atoms. The maximum Gasteiger partial charge on any atom is 0.227 e. The van der Waals surface area contributed by atoms with Crippen LogP contribution in [0.15, 0.2) is 55.1 Å². The zero-order chi connectivity index (χ0) is 17.6. The zero-order valence-electron chi connectivity index (χ0n) is 14.3. The van der Waals surface area contributed by atoms with E-state index in [1.165, 1.54) is 6.33 Å². The van der Waals surface area contributed by atoms with Crippen molar-refractivity contribution < 1.29 is 9.53 Å². The number of nitrogens with zero attached hydrogens (tertiary/aromatic N) is 3. The fourth-order valence-corrected chi connectivity index (χ4v) is 2.54. The molecule has 0 saturated heterocycles. The molecule has 0 radical (unpaired) electrons. The van der Waals surface area contributed by atoms with Crippen molar-refractivity contribution in [3.05, 3.63) is 66.2 Å². The monoisotopic (exact) mass is 336 g/mol. The number of hydrogen-bond donors (Lipinski definition) is 1. The highest BCUT2D eigenvalue weighted by molar-refractivity contribution is 5.90. The summed E-state index contributed by atoms with van der Waals surface area (Å²) in [5, 5.41) is 6.92. The van der Waals surface area contributed by atoms with Crippen LogP contribution in [-0.2, 0) is 4.79 Å². The van der Waals surface area contributed by atoms with Crippen LogP contribution in [0.5, 0.6) is 5.75 Å². The van der Waals surface area contributed by atoms with Crippen LogP contribution in [0.2, 0.25) is 0 Å². The van der Waals surface area contributed by atoms with Crippen LogP contribution in [-0.4, -0.2) is 27.3 Å². The summed E-state index contributed by atoms with van der Waals surface area (Å²) in [4.78, 5) is 15.9. The van der Waals surface area contributed by atoms with Crippen molar-refractivity contribution in [2.75, 3.05) is 11.9 Å². The van der Waals surface area contributed by atoms with E-state index < -0.39 is 0 Å². The normalized spacial score (nSPS) is 10.5. The molecule has 128 valence electrons. The number of ether oxygens (including phenoxy) is 1. The summed E-state index contributed by atoms with van der Waals surface area (Å²) in [6, 6.07) is 13.4. The summed E-state index contributed by atoms with van der Waals surface area (Å²) in [7, 11) is 0. The molecule has 0 aliphatic rings. The Bertz CT molecular complexity index is 822. The smallest absolute Gasteiger partial charge is 0.227 e. The second kappa shape index (κ2) is 7.61. The van der Waals surface area contributed by atoms with Crippen molar-refractivity contribution in [3.8, 4) is 11.4 Å². The largest absolute Gasteiger partial charge is 0.493 e. The highest BCUT2D eigenvalue weighted by atomic mass is 16.5. The molecule has 1 amide bonds. The molecule has 0 bridgehead atoms. The molecule has 2 aromatic carbocycles. The lowest BCUT2D eigenvalue weighted by Crippen LogP contribution is -2.15. The summed E-state index contributed by atoms with van der Waals surface area (Å²) in [6.45, 7) is 4.39. The molecule has 6 nitrogen and oxygen atoms in total. The Morgan fingerprint density at radius 3 is 2.48 bits per heavy atom. The third-order valence-electron chi connectivity index (χ3n) is 3.63. The van der Waals surface area contributed by atoms with E-state index >= 15 is 0 Å². The predicted octanol–water partition coefficient (Wildman–Crippen LogP) is 3.29. The number of anilines is 1. The van der Waals surface area contributed by atoms with E-state index in [1.807, 2.05) is 50.2 Å². The first-order valence-electron chi connectivity index (χ1n) is 8.06. The molecule has 25 heavy (non-hydrogen) atoms. The number of amides is 1. The number of nitrogens with one attached hydrogen (secondary N) is 1. The van der Waals surface area contributed by atoms with Crippen molar-refractivity contribution in [2.24, 2.45) is 0 Å². The van der Waals surface area contributed by atoms with E-state index in [4.69, 9.17) is 4.74 Å². The molecule has 0 saturated carbocycles. The molecule has 6 heteroatoms. The van der Waals surface area contributed by atoms with E-state index in [0.29, 0.717) is 6.61 Å². The van der Waals surface area contributed by atoms with Crippen molar-refractivity contribution in [2.45, 2.75) is 20.3 Å². The average Bonchev–Trinajstić information content (AvgIpc) is 3.09. The van der Waals surface area contributed by atoms with Gasteiger partial charge in [-0.15, -0.1) is 0 Å². The quantitative estimate of drug-likeness (QED) is 0.750. The van der Waals surface area contributed by atoms with Crippen molar-refractivity contribution in [3.63, 3.8) is 0 Å². The molecule has 1 heterocycles. The molecule has 3 rings (SSSR count). The van der Waals surface area contributed by atoms with Gasteiger partial charge in [0.25, 0.3) is 0 Å². The van der Waals surface area contributed by atoms with Crippen molar-refractivity contribution >= 4 is 11.6 Å². The van der Waals surface area contributed by atoms with Crippen LogP contribution in [0.3, 0.4) is 0 Å². The lowest BCUT2D eigenvalue weighted by molar-refractivity contribution is -0.116. The fraction of sp³-hybridized carbons (Fsp3) is 0.211. The first kappa shape index (κ1) is 16.7. The van der Waals surface area contributed by atoms with Crippen LogP contribution in [0.25, 0.3) is 5.69 Å². The Balaban J connectivity index is 1.49. The van der Waals surface area contributed by atoms with Gasteiger partial charge in [0.05, 0.1) is 18.7 Å². The number of benzene rings is 2. The van der Waals surface area contributed by atoms with Crippen LogP contribution < -0.4 is 10.1 Å². The molecule has 0 aliphatic carbocycles. The second-order valence-electron chi connectivity index (χ2n) is 5.86. The second-order valence-corrected chi connectivity index (χ2v) is 5.86. The Hall–Kier alpha value is -3.15. The van der Waals surface area contributed by atoms with E-state index in [9.17, 15) is 4.79 Å². The SMILES string of the molecule is Cc1cc(C)cc(OCCC(=O)Nc2ccc(-n3cncn3)cc2)c1. The minimum atomic E-state index is -0.0853. The first-order chi connectivity index (χ1) is 12.1. The molecule has 3 aromatic rings. The van der Waals surface area contributed by atoms with E-state index in [2.05, 4.69) is 21.5 Å². The van der Waals surface area contributed by atoms with E-state index in [-0.39, 0.29) is 12.3 Å². The Labute approximate surface area is 146 Å². The van der Waals surface area contributed by atoms with Crippen LogP contribution in [0, 0.1) is 13.8 Å². The molecule has 0 atom stereocenters. The maximum absolute atomic E-state index is 12.0. The number of carbonyl (C=O) groups excluding carboxylic acids is 1. The van der Waals surface area contributed by atoms with Crippen molar-refractivity contribution in [1.29, 1.82) is 0 Å². The Kier molecular flexibility index (Phi) is 5.09. The molecule has 0 unspecified atom stereocenters. The van der Waals surface area contributed by atoms with Gasteiger partial charge in [0.1, 0.15) is 18.4 Å². The number of aryl methyl sites for hydroxylation is 2. The summed E-state index contributed by atoms with van der Waals surface area (Å²) in [5.41, 5.74) is 3.91. The first-order valence-corrected chi connectivity index (χ1v) is 8.06. The maximum atomic E-state index is 12.0. The summed E-state index contributed by atoms with van der Waals surface area (Å²) in [6.07, 6.45) is 3.39. The van der Waals surface area contributed by atoms with Crippen LogP contribution in [0.1, 0.15) is 17.5 Å². The standard InChI is InChI=1S/C19H20N4O2/c1-14-9-15(2)11-18(10-14)25-8-7-19(24)22-16-3-5-17(6-4-16)23-13-20-12-21-23/h3-6,9-13H,7-8H2,1-2H3,(H,22,24). The summed E-state index contributed by atoms with van der Waals surface area (Å²) in [5.74, 6) is 0.709. The van der Waals surface area contributed by atoms with Gasteiger partial charge in [0, 0.05) is 5.69 Å². The Morgan fingerprint density at radius 2 is 1.84 bits per heavy atom. The summed E-state index contributed by atoms with van der Waals surface area (Å²) < 4.78 is 7.32. The lowest BCUT2D eigenvalue weighted by Gasteiger charge is -2.09. The third-order valence-corrected chi connectivity index (χ3v) is 3.63. The minimum absolute atomic E-state index is 0.0853. The average molecular weight is 336 g/mol.